The summed E-state index contributed by atoms with van der Waals surface area (Å²) in [6.07, 6.45) is -0.678. The van der Waals surface area contributed by atoms with Crippen molar-refractivity contribution in [2.45, 2.75) is 161 Å². The van der Waals surface area contributed by atoms with E-state index in [1.807, 2.05) is 20.8 Å². The molecule has 1 heterocycles. The van der Waals surface area contributed by atoms with Crippen molar-refractivity contribution in [3.05, 3.63) is 11.6 Å². The highest BCUT2D eigenvalue weighted by Gasteiger charge is 2.73. The van der Waals surface area contributed by atoms with Crippen molar-refractivity contribution in [3.63, 3.8) is 0 Å². The monoisotopic (exact) mass is 638 g/mol. The van der Waals surface area contributed by atoms with Gasteiger partial charge >= 0.3 is 0 Å². The molecule has 5 rings (SSSR count). The smallest absolute Gasteiger partial charge is 0.187 e. The van der Waals surface area contributed by atoms with Crippen LogP contribution in [-0.4, -0.2) is 97.0 Å². The van der Waals surface area contributed by atoms with Crippen LogP contribution in [0.3, 0.4) is 0 Å². The fraction of sp³-hybridized carbons (Fsp3) is 0.944. The van der Waals surface area contributed by atoms with Crippen LogP contribution < -0.4 is 0 Å². The van der Waals surface area contributed by atoms with Crippen LogP contribution >= 0.6 is 0 Å². The van der Waals surface area contributed by atoms with E-state index in [0.717, 1.165) is 19.3 Å². The fourth-order valence-electron chi connectivity index (χ4n) is 12.0. The Labute approximate surface area is 270 Å². The van der Waals surface area contributed by atoms with Crippen molar-refractivity contribution in [1.29, 1.82) is 0 Å². The van der Waals surface area contributed by atoms with E-state index in [1.165, 1.54) is 5.57 Å². The lowest BCUT2D eigenvalue weighted by Gasteiger charge is -2.71. The molecule has 9 nitrogen and oxygen atoms in total. The number of allylic oxidation sites excluding steroid dienone is 2. The third kappa shape index (κ3) is 5.39. The van der Waals surface area contributed by atoms with Crippen molar-refractivity contribution < 1.29 is 45.2 Å². The highest BCUT2D eigenvalue weighted by molar-refractivity contribution is 5.21. The molecule has 260 valence electrons. The second-order valence-electron chi connectivity index (χ2n) is 17.4. The van der Waals surface area contributed by atoms with Crippen LogP contribution in [0.2, 0.25) is 0 Å². The van der Waals surface area contributed by atoms with Crippen LogP contribution in [0.25, 0.3) is 0 Å². The maximum atomic E-state index is 12.2. The maximum absolute atomic E-state index is 12.2. The number of rotatable bonds is 7. The Hall–Kier alpha value is -0.620. The quantitative estimate of drug-likeness (QED) is 0.208. The molecule has 5 fully saturated rings. The van der Waals surface area contributed by atoms with E-state index in [0.29, 0.717) is 32.1 Å². The first kappa shape index (κ1) is 35.7. The number of hydrogen-bond acceptors (Lipinski definition) is 9. The first-order valence-corrected chi connectivity index (χ1v) is 17.4. The van der Waals surface area contributed by atoms with E-state index < -0.39 is 66.6 Å². The Kier molecular flexibility index (Phi) is 9.56. The van der Waals surface area contributed by atoms with E-state index in [9.17, 15) is 35.7 Å². The molecule has 0 spiro atoms. The molecule has 0 amide bonds. The molecular weight excluding hydrogens is 576 g/mol. The highest BCUT2D eigenvalue weighted by atomic mass is 16.7. The molecule has 4 aliphatic carbocycles. The lowest BCUT2D eigenvalue weighted by atomic mass is 9.34. The molecule has 16 atom stereocenters. The summed E-state index contributed by atoms with van der Waals surface area (Å²) in [5.41, 5.74) is -0.944. The Morgan fingerprint density at radius 2 is 1.56 bits per heavy atom. The maximum Gasteiger partial charge on any atom is 0.187 e. The van der Waals surface area contributed by atoms with Gasteiger partial charge in [0.05, 0.1) is 30.5 Å². The van der Waals surface area contributed by atoms with Crippen molar-refractivity contribution in [1.82, 2.24) is 0 Å². The first-order chi connectivity index (χ1) is 20.8. The molecule has 45 heavy (non-hydrogen) atoms. The zero-order valence-electron chi connectivity index (χ0n) is 28.8. The third-order valence-corrected chi connectivity index (χ3v) is 14.5. The van der Waals surface area contributed by atoms with Crippen molar-refractivity contribution in [3.8, 4) is 0 Å². The summed E-state index contributed by atoms with van der Waals surface area (Å²) in [7, 11) is 0. The minimum absolute atomic E-state index is 0.0692. The van der Waals surface area contributed by atoms with Gasteiger partial charge in [-0.05, 0) is 117 Å². The average Bonchev–Trinajstić information content (AvgIpc) is 3.33. The number of aliphatic hydroxyl groups is 7. The molecule has 0 bridgehead atoms. The lowest BCUT2D eigenvalue weighted by molar-refractivity contribution is -0.336. The molecule has 5 aliphatic rings. The van der Waals surface area contributed by atoms with Gasteiger partial charge in [-0.1, -0.05) is 46.3 Å². The van der Waals surface area contributed by atoms with Crippen LogP contribution in [0.4, 0.5) is 0 Å². The Bertz CT molecular complexity index is 1110. The Morgan fingerprint density at radius 1 is 0.889 bits per heavy atom. The average molecular weight is 639 g/mol. The van der Waals surface area contributed by atoms with Crippen LogP contribution in [-0.2, 0) is 9.47 Å². The van der Waals surface area contributed by atoms with Gasteiger partial charge < -0.3 is 45.2 Å². The summed E-state index contributed by atoms with van der Waals surface area (Å²) in [4.78, 5) is 0. The summed E-state index contributed by atoms with van der Waals surface area (Å²) in [5, 5.41) is 76.9. The summed E-state index contributed by atoms with van der Waals surface area (Å²) >= 11 is 0. The van der Waals surface area contributed by atoms with E-state index in [-0.39, 0.29) is 39.9 Å². The molecule has 7 N–H and O–H groups in total. The Morgan fingerprint density at radius 3 is 2.18 bits per heavy atom. The van der Waals surface area contributed by atoms with E-state index in [4.69, 9.17) is 9.47 Å². The van der Waals surface area contributed by atoms with Gasteiger partial charge in [-0.15, -0.1) is 0 Å². The SMILES string of the molecule is CC(C)=CCC[C@](C)(O[C@H]1O[C@H](CO)[C@@H](O)[C@H](O)[C@H]1O)[C@H]1CC[C@]2(C)[C@@H]1[C@H](O)C[C@@H]1[C@@]3(C)CC[C@H](O)C(C)(C)[C@H]3[C@@H](O)C[C@]12C. The van der Waals surface area contributed by atoms with E-state index >= 15 is 0 Å². The zero-order valence-corrected chi connectivity index (χ0v) is 28.8. The van der Waals surface area contributed by atoms with Gasteiger partial charge in [0.15, 0.2) is 6.29 Å². The van der Waals surface area contributed by atoms with Gasteiger partial charge in [0, 0.05) is 0 Å². The van der Waals surface area contributed by atoms with Crippen LogP contribution in [0.1, 0.15) is 107 Å². The molecule has 1 saturated heterocycles. The molecule has 1 aliphatic heterocycles. The fourth-order valence-corrected chi connectivity index (χ4v) is 12.0. The molecule has 4 saturated carbocycles. The largest absolute Gasteiger partial charge is 0.394 e. The highest BCUT2D eigenvalue weighted by Crippen LogP contribution is 2.76. The number of ether oxygens (including phenoxy) is 2. The van der Waals surface area contributed by atoms with Crippen molar-refractivity contribution in [2.75, 3.05) is 6.61 Å². The second kappa shape index (κ2) is 12.1. The van der Waals surface area contributed by atoms with Crippen LogP contribution in [0.5, 0.6) is 0 Å². The summed E-state index contributed by atoms with van der Waals surface area (Å²) in [6.45, 7) is 16.7. The summed E-state index contributed by atoms with van der Waals surface area (Å²) in [5.74, 6) is -0.154. The van der Waals surface area contributed by atoms with Gasteiger partial charge in [-0.3, -0.25) is 0 Å². The Balaban J connectivity index is 1.51. The molecule has 0 aromatic rings. The number of aliphatic hydroxyl groups excluding tert-OH is 7. The van der Waals surface area contributed by atoms with Crippen LogP contribution in [0, 0.1) is 45.3 Å². The van der Waals surface area contributed by atoms with Crippen LogP contribution in [0.15, 0.2) is 11.6 Å². The summed E-state index contributed by atoms with van der Waals surface area (Å²) < 4.78 is 12.6. The summed E-state index contributed by atoms with van der Waals surface area (Å²) in [6, 6.07) is 0. The minimum atomic E-state index is -1.53. The topological polar surface area (TPSA) is 160 Å². The standard InChI is InChI=1S/C36H62O9/c1-19(2)10-9-13-36(8,45-31-29(43)28(42)27(41)23(18-37)44-31)20-11-15-34(6)26(20)21(38)16-24-33(5)14-12-25(40)32(3,4)30(33)22(39)17-35(24,34)7/h10,20-31,37-43H,9,11-18H2,1-8H3/t20-,21+,22-,23+,24+,25-,26-,27+,28-,29+,30+,31+,33+,34+,35+,36-/m0/s1. The zero-order chi connectivity index (χ0) is 33.5. The number of fused-ring (bicyclic) bond motifs is 5. The second-order valence-corrected chi connectivity index (χ2v) is 17.4. The predicted octanol–water partition coefficient (Wildman–Crippen LogP) is 3.30. The predicted molar refractivity (Wildman–Crippen MR) is 170 cm³/mol. The molecule has 0 radical (unpaired) electrons. The third-order valence-electron chi connectivity index (χ3n) is 14.5. The van der Waals surface area contributed by atoms with Gasteiger partial charge in [-0.2, -0.15) is 0 Å². The van der Waals surface area contributed by atoms with Gasteiger partial charge in [0.25, 0.3) is 0 Å². The molecule has 0 aromatic carbocycles. The molecular formula is C36H62O9. The number of hydrogen-bond donors (Lipinski definition) is 7. The van der Waals surface area contributed by atoms with Gasteiger partial charge in [0.1, 0.15) is 24.4 Å². The normalized spacial score (nSPS) is 52.2. The lowest BCUT2D eigenvalue weighted by Crippen LogP contribution is -2.70. The molecule has 9 heteroatoms. The van der Waals surface area contributed by atoms with Gasteiger partial charge in [-0.25, -0.2) is 0 Å². The first-order valence-electron chi connectivity index (χ1n) is 17.4. The van der Waals surface area contributed by atoms with E-state index in [1.54, 1.807) is 0 Å². The van der Waals surface area contributed by atoms with E-state index in [2.05, 4.69) is 40.7 Å². The van der Waals surface area contributed by atoms with Crippen molar-refractivity contribution >= 4 is 0 Å². The molecule has 0 unspecified atom stereocenters. The molecule has 0 aromatic heterocycles. The van der Waals surface area contributed by atoms with Gasteiger partial charge in [0.2, 0.25) is 0 Å². The van der Waals surface area contributed by atoms with Crippen molar-refractivity contribution in [2.24, 2.45) is 45.3 Å². The minimum Gasteiger partial charge on any atom is -0.394 e.